The summed E-state index contributed by atoms with van der Waals surface area (Å²) in [5.41, 5.74) is 13.9. The van der Waals surface area contributed by atoms with Crippen molar-refractivity contribution in [3.05, 3.63) is 218 Å². The highest BCUT2D eigenvalue weighted by atomic mass is 15.2. The van der Waals surface area contributed by atoms with Crippen LogP contribution in [0.4, 0.5) is 17.1 Å². The van der Waals surface area contributed by atoms with Crippen LogP contribution in [0.1, 0.15) is 0 Å². The molecule has 10 aromatic rings. The first-order valence-electron chi connectivity index (χ1n) is 18.5. The quantitative estimate of drug-likeness (QED) is 0.162. The maximum atomic E-state index is 2.52. The topological polar surface area (TPSA) is 8.17 Å². The normalized spacial score (nSPS) is 11.3. The average molecular weight is 689 g/mol. The number of nitrogens with zero attached hydrogens (tertiary/aromatic N) is 2. The van der Waals surface area contributed by atoms with E-state index in [9.17, 15) is 0 Å². The van der Waals surface area contributed by atoms with Gasteiger partial charge in [0.25, 0.3) is 0 Å². The minimum absolute atomic E-state index is 1.11. The van der Waals surface area contributed by atoms with Gasteiger partial charge < -0.3 is 9.47 Å². The van der Waals surface area contributed by atoms with Crippen molar-refractivity contribution < 1.29 is 0 Å². The highest BCUT2D eigenvalue weighted by Crippen LogP contribution is 2.50. The van der Waals surface area contributed by atoms with E-state index < -0.39 is 0 Å². The van der Waals surface area contributed by atoms with Crippen molar-refractivity contribution in [3.63, 3.8) is 0 Å². The molecule has 0 unspecified atom stereocenters. The molecule has 0 atom stereocenters. The van der Waals surface area contributed by atoms with Crippen LogP contribution in [0.3, 0.4) is 0 Å². The maximum Gasteiger partial charge on any atom is 0.0562 e. The van der Waals surface area contributed by atoms with E-state index in [1.807, 2.05) is 0 Å². The number of hydrogen-bond acceptors (Lipinski definition) is 1. The molecule has 10 rings (SSSR count). The van der Waals surface area contributed by atoms with Gasteiger partial charge in [-0.05, 0) is 75.5 Å². The Morgan fingerprint density at radius 1 is 0.315 bits per heavy atom. The molecular weight excluding hydrogens is 653 g/mol. The number of rotatable bonds is 7. The molecular formula is C52H36N2. The van der Waals surface area contributed by atoms with Crippen LogP contribution >= 0.6 is 0 Å². The number of fused-ring (bicyclic) bond motifs is 4. The largest absolute Gasteiger partial charge is 0.309 e. The maximum absolute atomic E-state index is 2.52. The Morgan fingerprint density at radius 3 is 1.70 bits per heavy atom. The van der Waals surface area contributed by atoms with Crippen LogP contribution in [0, 0.1) is 0 Å². The van der Waals surface area contributed by atoms with Crippen LogP contribution < -0.4 is 4.90 Å². The van der Waals surface area contributed by atoms with Crippen molar-refractivity contribution in [2.24, 2.45) is 0 Å². The molecule has 0 amide bonds. The van der Waals surface area contributed by atoms with Gasteiger partial charge >= 0.3 is 0 Å². The Kier molecular flexibility index (Phi) is 7.85. The molecule has 2 heteroatoms. The molecule has 0 radical (unpaired) electrons. The van der Waals surface area contributed by atoms with Crippen molar-refractivity contribution in [2.45, 2.75) is 0 Å². The highest BCUT2D eigenvalue weighted by Gasteiger charge is 2.26. The van der Waals surface area contributed by atoms with Gasteiger partial charge in [0.2, 0.25) is 0 Å². The minimum atomic E-state index is 1.11. The lowest BCUT2D eigenvalue weighted by Gasteiger charge is -2.31. The lowest BCUT2D eigenvalue weighted by atomic mass is 9.93. The molecule has 0 aliphatic heterocycles. The fourth-order valence-corrected chi connectivity index (χ4v) is 8.18. The second kappa shape index (κ2) is 13.4. The summed E-state index contributed by atoms with van der Waals surface area (Å²) in [4.78, 5) is 2.52. The molecule has 2 nitrogen and oxygen atoms in total. The first-order chi connectivity index (χ1) is 26.8. The Hall–Kier alpha value is -7.16. The zero-order valence-electron chi connectivity index (χ0n) is 29.7. The Bertz CT molecular complexity index is 2920. The first kappa shape index (κ1) is 31.6. The third-order valence-corrected chi connectivity index (χ3v) is 10.6. The monoisotopic (exact) mass is 688 g/mol. The number of benzene rings is 9. The zero-order valence-corrected chi connectivity index (χ0v) is 29.7. The van der Waals surface area contributed by atoms with Gasteiger partial charge in [0.15, 0.2) is 0 Å². The second-order valence-electron chi connectivity index (χ2n) is 13.7. The third kappa shape index (κ3) is 5.36. The van der Waals surface area contributed by atoms with E-state index >= 15 is 0 Å². The molecule has 9 aromatic carbocycles. The molecule has 0 spiro atoms. The van der Waals surface area contributed by atoms with Crippen LogP contribution in [0.15, 0.2) is 218 Å². The lowest BCUT2D eigenvalue weighted by molar-refractivity contribution is 1.18. The summed E-state index contributed by atoms with van der Waals surface area (Å²) in [5, 5.41) is 4.86. The smallest absolute Gasteiger partial charge is 0.0562 e. The Morgan fingerprint density at radius 2 is 0.889 bits per heavy atom. The molecule has 0 saturated heterocycles. The number of anilines is 3. The van der Waals surface area contributed by atoms with Crippen LogP contribution in [0.2, 0.25) is 0 Å². The molecule has 1 heterocycles. The SMILES string of the molecule is c1ccc(-c2ccc(-c3ccccc3)c(N(c3ccccc3-c3cccc4ccccc34)c3cccc4c3c3ccccc3n4-c3ccccc3)c2)cc1. The van der Waals surface area contributed by atoms with Gasteiger partial charge in [0.05, 0.1) is 28.1 Å². The van der Waals surface area contributed by atoms with Crippen LogP contribution in [-0.4, -0.2) is 4.57 Å². The molecule has 0 fully saturated rings. The minimum Gasteiger partial charge on any atom is -0.309 e. The van der Waals surface area contributed by atoms with E-state index in [1.54, 1.807) is 0 Å². The van der Waals surface area contributed by atoms with Crippen LogP contribution in [0.5, 0.6) is 0 Å². The van der Waals surface area contributed by atoms with E-state index in [2.05, 4.69) is 228 Å². The van der Waals surface area contributed by atoms with E-state index in [4.69, 9.17) is 0 Å². The van der Waals surface area contributed by atoms with Crippen molar-refractivity contribution in [1.29, 1.82) is 0 Å². The van der Waals surface area contributed by atoms with Crippen molar-refractivity contribution in [1.82, 2.24) is 4.57 Å². The highest BCUT2D eigenvalue weighted by molar-refractivity contribution is 6.17. The first-order valence-corrected chi connectivity index (χ1v) is 18.5. The summed E-state index contributed by atoms with van der Waals surface area (Å²) in [5.74, 6) is 0. The zero-order chi connectivity index (χ0) is 35.8. The van der Waals surface area contributed by atoms with Crippen molar-refractivity contribution >= 4 is 49.6 Å². The average Bonchev–Trinajstić information content (AvgIpc) is 3.60. The molecule has 0 bridgehead atoms. The third-order valence-electron chi connectivity index (χ3n) is 10.6. The predicted molar refractivity (Wildman–Crippen MR) is 229 cm³/mol. The number of aromatic nitrogens is 1. The number of para-hydroxylation sites is 3. The van der Waals surface area contributed by atoms with E-state index in [0.717, 1.165) is 39.4 Å². The summed E-state index contributed by atoms with van der Waals surface area (Å²) in [6, 6.07) is 79.0. The van der Waals surface area contributed by atoms with Crippen molar-refractivity contribution in [2.75, 3.05) is 4.90 Å². The lowest BCUT2D eigenvalue weighted by Crippen LogP contribution is -2.13. The van der Waals surface area contributed by atoms with E-state index in [1.165, 1.54) is 49.3 Å². The summed E-state index contributed by atoms with van der Waals surface area (Å²) in [6.07, 6.45) is 0. The standard InChI is InChI=1S/C52H36N2/c1-4-18-37(19-5-1)40-34-35-43(39-20-6-2-7-21-39)51(36-40)54(47-30-14-12-27-45(47)44-29-16-23-38-22-10-11-26-42(38)44)50-33-17-32-49-52(50)46-28-13-15-31-48(46)53(49)41-24-8-3-9-25-41/h1-36H. The van der Waals surface area contributed by atoms with E-state index in [0.29, 0.717) is 0 Å². The van der Waals surface area contributed by atoms with Gasteiger partial charge in [-0.2, -0.15) is 0 Å². The van der Waals surface area contributed by atoms with Gasteiger partial charge in [0, 0.05) is 27.6 Å². The van der Waals surface area contributed by atoms with Crippen LogP contribution in [0.25, 0.3) is 71.6 Å². The summed E-state index contributed by atoms with van der Waals surface area (Å²) in [6.45, 7) is 0. The second-order valence-corrected chi connectivity index (χ2v) is 13.7. The molecule has 0 aliphatic carbocycles. The van der Waals surface area contributed by atoms with Gasteiger partial charge in [-0.25, -0.2) is 0 Å². The molecule has 54 heavy (non-hydrogen) atoms. The van der Waals surface area contributed by atoms with Gasteiger partial charge in [-0.15, -0.1) is 0 Å². The van der Waals surface area contributed by atoms with Crippen LogP contribution in [-0.2, 0) is 0 Å². The molecule has 0 N–H and O–H groups in total. The fraction of sp³-hybridized carbons (Fsp3) is 0. The predicted octanol–water partition coefficient (Wildman–Crippen LogP) is 14.4. The summed E-state index contributed by atoms with van der Waals surface area (Å²) >= 11 is 0. The van der Waals surface area contributed by atoms with Gasteiger partial charge in [-0.1, -0.05) is 176 Å². The summed E-state index contributed by atoms with van der Waals surface area (Å²) < 4.78 is 2.40. The van der Waals surface area contributed by atoms with E-state index in [-0.39, 0.29) is 0 Å². The van der Waals surface area contributed by atoms with Gasteiger partial charge in [0.1, 0.15) is 0 Å². The van der Waals surface area contributed by atoms with Crippen molar-refractivity contribution in [3.8, 4) is 39.1 Å². The molecule has 1 aromatic heterocycles. The molecule has 0 aliphatic rings. The molecule has 254 valence electrons. The Labute approximate surface area is 315 Å². The fourth-order valence-electron chi connectivity index (χ4n) is 8.18. The molecule has 0 saturated carbocycles. The summed E-state index contributed by atoms with van der Waals surface area (Å²) in [7, 11) is 0. The Balaban J connectivity index is 1.35. The van der Waals surface area contributed by atoms with Gasteiger partial charge in [-0.3, -0.25) is 0 Å². The number of hydrogen-bond donors (Lipinski definition) is 0.